The van der Waals surface area contributed by atoms with Gasteiger partial charge in [0.2, 0.25) is 17.7 Å². The molecule has 3 aliphatic rings. The maximum atomic E-state index is 13.4. The number of anilines is 1. The summed E-state index contributed by atoms with van der Waals surface area (Å²) in [5, 5.41) is 5.27. The topological polar surface area (TPSA) is 79.4 Å². The van der Waals surface area contributed by atoms with Gasteiger partial charge in [-0.05, 0) is 23.8 Å². The lowest BCUT2D eigenvalue weighted by atomic mass is 9.85. The van der Waals surface area contributed by atoms with Crippen molar-refractivity contribution < 1.29 is 14.4 Å². The van der Waals surface area contributed by atoms with E-state index in [0.717, 1.165) is 23.2 Å². The summed E-state index contributed by atoms with van der Waals surface area (Å²) in [5.41, 5.74) is 2.55. The number of rotatable bonds is 6. The number of hydrogen-bond acceptors (Lipinski definition) is 5. The van der Waals surface area contributed by atoms with E-state index in [4.69, 9.17) is 0 Å². The molecule has 1 aromatic heterocycles. The van der Waals surface area contributed by atoms with Gasteiger partial charge in [0, 0.05) is 10.9 Å². The van der Waals surface area contributed by atoms with Gasteiger partial charge in [-0.25, -0.2) is 4.98 Å². The Balaban J connectivity index is 1.24. The molecule has 0 radical (unpaired) electrons. The van der Waals surface area contributed by atoms with Gasteiger partial charge < -0.3 is 5.32 Å². The van der Waals surface area contributed by atoms with E-state index in [9.17, 15) is 14.4 Å². The first-order valence-electron chi connectivity index (χ1n) is 11.5. The van der Waals surface area contributed by atoms with E-state index in [-0.39, 0.29) is 47.8 Å². The molecule has 34 heavy (non-hydrogen) atoms. The molecule has 6 rings (SSSR count). The minimum Gasteiger partial charge on any atom is -0.302 e. The van der Waals surface area contributed by atoms with Crippen LogP contribution in [0.5, 0.6) is 0 Å². The third-order valence-corrected chi connectivity index (χ3v) is 7.96. The maximum absolute atomic E-state index is 13.4. The second-order valence-corrected chi connectivity index (χ2v) is 9.99. The Morgan fingerprint density at radius 2 is 1.59 bits per heavy atom. The SMILES string of the molecule is O=C(CC(c1ccccc1)N1C(=O)C2C3C=CC(C3)C2C1=O)Nc1nc(-c2ccccc2)cs1. The Hall–Kier alpha value is -3.58. The molecular weight excluding hydrogens is 446 g/mol. The van der Waals surface area contributed by atoms with Crippen LogP contribution in [-0.4, -0.2) is 27.6 Å². The average molecular weight is 470 g/mol. The zero-order valence-corrected chi connectivity index (χ0v) is 19.2. The van der Waals surface area contributed by atoms with Crippen LogP contribution < -0.4 is 5.32 Å². The van der Waals surface area contributed by atoms with Crippen molar-refractivity contribution in [2.45, 2.75) is 18.9 Å². The van der Waals surface area contributed by atoms with Gasteiger partial charge in [0.25, 0.3) is 0 Å². The summed E-state index contributed by atoms with van der Waals surface area (Å²) in [6.07, 6.45) is 5.03. The minimum absolute atomic E-state index is 0.00997. The van der Waals surface area contributed by atoms with Crippen molar-refractivity contribution in [3.63, 3.8) is 0 Å². The number of carbonyl (C=O) groups is 3. The van der Waals surface area contributed by atoms with E-state index in [0.29, 0.717) is 5.13 Å². The van der Waals surface area contributed by atoms with E-state index in [1.54, 1.807) is 0 Å². The van der Waals surface area contributed by atoms with Crippen LogP contribution in [0, 0.1) is 23.7 Å². The summed E-state index contributed by atoms with van der Waals surface area (Å²) >= 11 is 1.35. The summed E-state index contributed by atoms with van der Waals surface area (Å²) in [4.78, 5) is 45.9. The highest BCUT2D eigenvalue weighted by atomic mass is 32.1. The van der Waals surface area contributed by atoms with E-state index in [2.05, 4.69) is 22.5 Å². The highest BCUT2D eigenvalue weighted by molar-refractivity contribution is 7.14. The first-order valence-corrected chi connectivity index (χ1v) is 12.4. The quantitative estimate of drug-likeness (QED) is 0.420. The summed E-state index contributed by atoms with van der Waals surface area (Å²) in [6, 6.07) is 18.5. The molecule has 6 nitrogen and oxygen atoms in total. The standard InChI is InChI=1S/C27H23N3O3S/c31-22(29-27-28-20(15-34-27)16-7-3-1-4-8-16)14-21(17-9-5-2-6-10-17)30-25(32)23-18-11-12-19(13-18)24(23)26(30)33/h1-12,15,18-19,21,23-24H,13-14H2,(H,28,29,31). The molecule has 2 aliphatic carbocycles. The molecule has 7 heteroatoms. The van der Waals surface area contributed by atoms with Crippen molar-refractivity contribution in [3.05, 3.63) is 83.8 Å². The van der Waals surface area contributed by atoms with Crippen molar-refractivity contribution in [2.75, 3.05) is 5.32 Å². The molecule has 1 N–H and O–H groups in total. The Morgan fingerprint density at radius 1 is 0.971 bits per heavy atom. The second-order valence-electron chi connectivity index (χ2n) is 9.13. The van der Waals surface area contributed by atoms with Gasteiger partial charge in [-0.15, -0.1) is 11.3 Å². The molecule has 1 saturated carbocycles. The van der Waals surface area contributed by atoms with E-state index >= 15 is 0 Å². The molecule has 2 heterocycles. The van der Waals surface area contributed by atoms with Crippen LogP contribution >= 0.6 is 11.3 Å². The molecule has 1 saturated heterocycles. The fraction of sp³-hybridized carbons (Fsp3) is 0.259. The molecule has 170 valence electrons. The monoisotopic (exact) mass is 469 g/mol. The van der Waals surface area contributed by atoms with Crippen LogP contribution in [0.1, 0.15) is 24.4 Å². The number of thiazole rings is 1. The zero-order valence-electron chi connectivity index (χ0n) is 18.3. The van der Waals surface area contributed by atoms with Crippen molar-refractivity contribution >= 4 is 34.2 Å². The number of likely N-dealkylation sites (tertiary alicyclic amines) is 1. The molecule has 5 unspecified atom stereocenters. The molecule has 3 aromatic rings. The Kier molecular flexibility index (Phi) is 5.14. The zero-order chi connectivity index (χ0) is 23.2. The summed E-state index contributed by atoms with van der Waals surface area (Å²) in [7, 11) is 0. The predicted molar refractivity (Wildman–Crippen MR) is 130 cm³/mol. The van der Waals surface area contributed by atoms with Gasteiger partial charge in [0.1, 0.15) is 0 Å². The highest BCUT2D eigenvalue weighted by Gasteiger charge is 2.60. The number of aromatic nitrogens is 1. The van der Waals surface area contributed by atoms with Gasteiger partial charge in [-0.3, -0.25) is 19.3 Å². The molecule has 2 fully saturated rings. The summed E-state index contributed by atoms with van der Waals surface area (Å²) in [6.45, 7) is 0. The van der Waals surface area contributed by atoms with Crippen LogP contribution in [0.3, 0.4) is 0 Å². The lowest BCUT2D eigenvalue weighted by Gasteiger charge is -2.28. The third-order valence-electron chi connectivity index (χ3n) is 7.20. The van der Waals surface area contributed by atoms with Gasteiger partial charge in [-0.2, -0.15) is 0 Å². The van der Waals surface area contributed by atoms with Crippen LogP contribution in [0.4, 0.5) is 5.13 Å². The Labute approximate surface area is 201 Å². The maximum Gasteiger partial charge on any atom is 0.234 e. The van der Waals surface area contributed by atoms with Crippen LogP contribution in [0.25, 0.3) is 11.3 Å². The van der Waals surface area contributed by atoms with Gasteiger partial charge in [0.05, 0.1) is 30.0 Å². The lowest BCUT2D eigenvalue weighted by Crippen LogP contribution is -2.38. The first kappa shape index (κ1) is 21.0. The van der Waals surface area contributed by atoms with Crippen molar-refractivity contribution in [3.8, 4) is 11.3 Å². The molecule has 0 spiro atoms. The molecule has 5 atom stereocenters. The van der Waals surface area contributed by atoms with Crippen molar-refractivity contribution in [2.24, 2.45) is 23.7 Å². The summed E-state index contributed by atoms with van der Waals surface area (Å²) < 4.78 is 0. The smallest absolute Gasteiger partial charge is 0.234 e. The number of imide groups is 1. The van der Waals surface area contributed by atoms with Crippen molar-refractivity contribution in [1.82, 2.24) is 9.88 Å². The minimum atomic E-state index is -0.639. The summed E-state index contributed by atoms with van der Waals surface area (Å²) in [5.74, 6) is -0.875. The van der Waals surface area contributed by atoms with E-state index < -0.39 is 6.04 Å². The number of hydrogen-bond donors (Lipinski definition) is 1. The largest absolute Gasteiger partial charge is 0.302 e. The number of nitrogens with zero attached hydrogens (tertiary/aromatic N) is 2. The first-order chi connectivity index (χ1) is 16.6. The molecular formula is C27H23N3O3S. The van der Waals surface area contributed by atoms with Gasteiger partial charge in [-0.1, -0.05) is 72.8 Å². The fourth-order valence-corrected chi connectivity index (χ4v) is 6.42. The fourth-order valence-electron chi connectivity index (χ4n) is 5.68. The predicted octanol–water partition coefficient (Wildman–Crippen LogP) is 4.69. The van der Waals surface area contributed by atoms with Crippen molar-refractivity contribution in [1.29, 1.82) is 0 Å². The number of amides is 3. The highest BCUT2D eigenvalue weighted by Crippen LogP contribution is 2.54. The van der Waals surface area contributed by atoms with Crippen LogP contribution in [0.15, 0.2) is 78.2 Å². The average Bonchev–Trinajstić information content (AvgIpc) is 3.64. The Bertz CT molecular complexity index is 1260. The van der Waals surface area contributed by atoms with Crippen LogP contribution in [-0.2, 0) is 14.4 Å². The second kappa shape index (κ2) is 8.33. The lowest BCUT2D eigenvalue weighted by molar-refractivity contribution is -0.144. The number of nitrogens with one attached hydrogen (secondary N) is 1. The number of fused-ring (bicyclic) bond motifs is 5. The van der Waals surface area contributed by atoms with E-state index in [1.165, 1.54) is 16.2 Å². The normalized spacial score (nSPS) is 25.6. The van der Waals surface area contributed by atoms with Gasteiger partial charge >= 0.3 is 0 Å². The number of carbonyl (C=O) groups excluding carboxylic acids is 3. The number of benzene rings is 2. The van der Waals surface area contributed by atoms with Gasteiger partial charge in [0.15, 0.2) is 5.13 Å². The molecule has 1 aliphatic heterocycles. The van der Waals surface area contributed by atoms with Crippen LogP contribution in [0.2, 0.25) is 0 Å². The third kappa shape index (κ3) is 3.47. The molecule has 3 amide bonds. The molecule has 2 bridgehead atoms. The Morgan fingerprint density at radius 3 is 2.24 bits per heavy atom. The number of allylic oxidation sites excluding steroid dienone is 2. The van der Waals surface area contributed by atoms with E-state index in [1.807, 2.05) is 66.0 Å². The molecule has 2 aromatic carbocycles.